The Hall–Kier alpha value is -2.05. The third-order valence-electron chi connectivity index (χ3n) is 4.36. The highest BCUT2D eigenvalue weighted by atomic mass is 16.5. The van der Waals surface area contributed by atoms with Crippen molar-refractivity contribution in [2.45, 2.75) is 52.0 Å². The lowest BCUT2D eigenvalue weighted by molar-refractivity contribution is -0.140. The fourth-order valence-corrected chi connectivity index (χ4v) is 2.67. The average Bonchev–Trinajstić information content (AvgIpc) is 2.61. The molecule has 142 valence electrons. The van der Waals surface area contributed by atoms with Crippen molar-refractivity contribution in [3.8, 4) is 0 Å². The van der Waals surface area contributed by atoms with Gasteiger partial charge in [-0.2, -0.15) is 0 Å². The van der Waals surface area contributed by atoms with Crippen molar-refractivity contribution in [2.24, 2.45) is 11.8 Å². The van der Waals surface area contributed by atoms with Gasteiger partial charge in [-0.15, -0.1) is 0 Å². The molecule has 0 bridgehead atoms. The van der Waals surface area contributed by atoms with Gasteiger partial charge in [0.1, 0.15) is 6.61 Å². The van der Waals surface area contributed by atoms with E-state index in [2.05, 4.69) is 15.4 Å². The number of esters is 2. The second kappa shape index (κ2) is 11.5. The number of hydrogen-bond donors (Lipinski definition) is 2. The third-order valence-corrected chi connectivity index (χ3v) is 4.36. The van der Waals surface area contributed by atoms with Crippen LogP contribution in [0.15, 0.2) is 12.2 Å². The number of ether oxygens (including phenoxy) is 2. The minimum absolute atomic E-state index is 0.0405. The Balaban J connectivity index is 2.34. The molecule has 0 heterocycles. The molecule has 0 aliphatic heterocycles. The molecule has 0 radical (unpaired) electrons. The Bertz CT molecular complexity index is 470. The van der Waals surface area contributed by atoms with Crippen LogP contribution in [0.4, 0.5) is 4.79 Å². The van der Waals surface area contributed by atoms with E-state index in [9.17, 15) is 14.4 Å². The van der Waals surface area contributed by atoms with Gasteiger partial charge in [-0.25, -0.2) is 14.4 Å². The van der Waals surface area contributed by atoms with Crippen LogP contribution >= 0.6 is 0 Å². The summed E-state index contributed by atoms with van der Waals surface area (Å²) in [5.41, 5.74) is 0. The summed E-state index contributed by atoms with van der Waals surface area (Å²) < 4.78 is 9.47. The molecule has 7 nitrogen and oxygen atoms in total. The van der Waals surface area contributed by atoms with Crippen LogP contribution in [0.2, 0.25) is 0 Å². The summed E-state index contributed by atoms with van der Waals surface area (Å²) in [6.45, 7) is 4.59. The number of carbonyl (C=O) groups is 3. The van der Waals surface area contributed by atoms with Crippen molar-refractivity contribution in [1.29, 1.82) is 0 Å². The Kier molecular flexibility index (Phi) is 9.65. The topological polar surface area (TPSA) is 93.7 Å². The molecule has 1 aliphatic carbocycles. The van der Waals surface area contributed by atoms with Gasteiger partial charge in [-0.3, -0.25) is 0 Å². The molecule has 1 atom stereocenters. The zero-order valence-electron chi connectivity index (χ0n) is 15.4. The van der Waals surface area contributed by atoms with Gasteiger partial charge in [-0.1, -0.05) is 33.1 Å². The molecule has 1 rings (SSSR count). The first-order chi connectivity index (χ1) is 11.9. The molecule has 25 heavy (non-hydrogen) atoms. The van der Waals surface area contributed by atoms with Crippen molar-refractivity contribution in [2.75, 3.05) is 20.3 Å². The first-order valence-corrected chi connectivity index (χ1v) is 8.89. The van der Waals surface area contributed by atoms with Gasteiger partial charge in [-0.05, 0) is 24.7 Å². The molecule has 1 saturated carbocycles. The monoisotopic (exact) mass is 354 g/mol. The lowest BCUT2D eigenvalue weighted by atomic mass is 9.89. The number of nitrogens with one attached hydrogen (secondary N) is 2. The van der Waals surface area contributed by atoms with E-state index in [0.29, 0.717) is 12.5 Å². The highest BCUT2D eigenvalue weighted by Gasteiger charge is 2.19. The van der Waals surface area contributed by atoms with Gasteiger partial charge in [0, 0.05) is 18.7 Å². The number of carbonyl (C=O) groups excluding carboxylic acids is 3. The third kappa shape index (κ3) is 9.12. The normalized spacial score (nSPS) is 16.5. The standard InChI is InChI=1S/C18H30N2O5/c1-13(2)15(12-25-17(22)10-9-16(21)24-3)20-18(23)19-11-14-7-5-4-6-8-14/h9-10,13-15H,4-8,11-12H2,1-3H3,(H2,19,20,23). The summed E-state index contributed by atoms with van der Waals surface area (Å²) in [7, 11) is 1.22. The first-order valence-electron chi connectivity index (χ1n) is 8.89. The maximum atomic E-state index is 12.1. The van der Waals surface area contributed by atoms with Crippen LogP contribution in [0.1, 0.15) is 46.0 Å². The van der Waals surface area contributed by atoms with E-state index in [1.807, 2.05) is 13.8 Å². The highest BCUT2D eigenvalue weighted by Crippen LogP contribution is 2.22. The molecule has 7 heteroatoms. The summed E-state index contributed by atoms with van der Waals surface area (Å²) in [6.07, 6.45) is 8.09. The van der Waals surface area contributed by atoms with E-state index < -0.39 is 11.9 Å². The summed E-state index contributed by atoms with van der Waals surface area (Å²) in [5, 5.41) is 5.75. The molecule has 1 fully saturated rings. The number of methoxy groups -OCH3 is 1. The predicted molar refractivity (Wildman–Crippen MR) is 93.9 cm³/mol. The number of rotatable bonds is 8. The van der Waals surface area contributed by atoms with Crippen LogP contribution in [0.25, 0.3) is 0 Å². The molecule has 0 saturated heterocycles. The van der Waals surface area contributed by atoms with Gasteiger partial charge in [0.05, 0.1) is 13.2 Å². The van der Waals surface area contributed by atoms with E-state index in [-0.39, 0.29) is 24.6 Å². The molecule has 1 aliphatic rings. The van der Waals surface area contributed by atoms with Crippen molar-refractivity contribution in [3.63, 3.8) is 0 Å². The van der Waals surface area contributed by atoms with E-state index in [4.69, 9.17) is 4.74 Å². The van der Waals surface area contributed by atoms with Gasteiger partial charge in [0.25, 0.3) is 0 Å². The van der Waals surface area contributed by atoms with Crippen LogP contribution < -0.4 is 10.6 Å². The summed E-state index contributed by atoms with van der Waals surface area (Å²) in [4.78, 5) is 34.6. The SMILES string of the molecule is COC(=O)C=CC(=O)OCC(NC(=O)NCC1CCCCC1)C(C)C. The number of hydrogen-bond acceptors (Lipinski definition) is 5. The maximum absolute atomic E-state index is 12.1. The fourth-order valence-electron chi connectivity index (χ4n) is 2.67. The molecule has 0 spiro atoms. The summed E-state index contributed by atoms with van der Waals surface area (Å²) in [5.74, 6) is -0.630. The van der Waals surface area contributed by atoms with E-state index in [1.165, 1.54) is 26.4 Å². The minimum atomic E-state index is -0.652. The first kappa shape index (κ1) is 21.0. The summed E-state index contributed by atoms with van der Waals surface area (Å²) in [6, 6.07) is -0.549. The largest absolute Gasteiger partial charge is 0.466 e. The Morgan fingerprint density at radius 2 is 1.72 bits per heavy atom. The van der Waals surface area contributed by atoms with Crippen molar-refractivity contribution in [1.82, 2.24) is 10.6 Å². The van der Waals surface area contributed by atoms with Gasteiger partial charge in [0.2, 0.25) is 0 Å². The Morgan fingerprint density at radius 3 is 2.32 bits per heavy atom. The van der Waals surface area contributed by atoms with Crippen LogP contribution in [0, 0.1) is 11.8 Å². The van der Waals surface area contributed by atoms with Crippen molar-refractivity contribution >= 4 is 18.0 Å². The Labute approximate surface area is 149 Å². The van der Waals surface area contributed by atoms with E-state index in [1.54, 1.807) is 0 Å². The zero-order valence-corrected chi connectivity index (χ0v) is 15.4. The lowest BCUT2D eigenvalue weighted by Gasteiger charge is -2.24. The second-order valence-electron chi connectivity index (χ2n) is 6.70. The zero-order chi connectivity index (χ0) is 18.7. The quantitative estimate of drug-likeness (QED) is 0.515. The molecule has 0 aromatic heterocycles. The molecule has 2 N–H and O–H groups in total. The molecular weight excluding hydrogens is 324 g/mol. The number of urea groups is 1. The smallest absolute Gasteiger partial charge is 0.331 e. The lowest BCUT2D eigenvalue weighted by Crippen LogP contribution is -2.48. The molecule has 0 aromatic rings. The molecule has 1 unspecified atom stereocenters. The van der Waals surface area contributed by atoms with Crippen molar-refractivity contribution in [3.05, 3.63) is 12.2 Å². The highest BCUT2D eigenvalue weighted by molar-refractivity contribution is 5.91. The Morgan fingerprint density at radius 1 is 1.08 bits per heavy atom. The van der Waals surface area contributed by atoms with E-state index >= 15 is 0 Å². The number of amides is 2. The van der Waals surface area contributed by atoms with Crippen LogP contribution in [-0.4, -0.2) is 44.3 Å². The van der Waals surface area contributed by atoms with E-state index in [0.717, 1.165) is 25.0 Å². The van der Waals surface area contributed by atoms with Crippen LogP contribution in [0.3, 0.4) is 0 Å². The summed E-state index contributed by atoms with van der Waals surface area (Å²) >= 11 is 0. The molecule has 2 amide bonds. The average molecular weight is 354 g/mol. The van der Waals surface area contributed by atoms with Gasteiger partial charge in [0.15, 0.2) is 0 Å². The van der Waals surface area contributed by atoms with Crippen LogP contribution in [-0.2, 0) is 19.1 Å². The minimum Gasteiger partial charge on any atom is -0.466 e. The second-order valence-corrected chi connectivity index (χ2v) is 6.70. The predicted octanol–water partition coefficient (Wildman–Crippen LogP) is 2.16. The van der Waals surface area contributed by atoms with Gasteiger partial charge < -0.3 is 20.1 Å². The van der Waals surface area contributed by atoms with Crippen LogP contribution in [0.5, 0.6) is 0 Å². The fraction of sp³-hybridized carbons (Fsp3) is 0.722. The molecule has 0 aromatic carbocycles. The maximum Gasteiger partial charge on any atom is 0.331 e. The molecular formula is C18H30N2O5. The van der Waals surface area contributed by atoms with Crippen molar-refractivity contribution < 1.29 is 23.9 Å². The van der Waals surface area contributed by atoms with Gasteiger partial charge >= 0.3 is 18.0 Å².